The summed E-state index contributed by atoms with van der Waals surface area (Å²) < 4.78 is 16.2. The van der Waals surface area contributed by atoms with Crippen LogP contribution in [0.2, 0.25) is 5.02 Å². The highest BCUT2D eigenvalue weighted by Gasteiger charge is 2.22. The SMILES string of the molecule is COc1ccc(C(Br)c2ccc(C)o2)c(OC)c1Cl. The molecule has 0 N–H and O–H groups in total. The Morgan fingerprint density at radius 3 is 2.42 bits per heavy atom. The van der Waals surface area contributed by atoms with Gasteiger partial charge in [-0.2, -0.15) is 0 Å². The lowest BCUT2D eigenvalue weighted by Crippen LogP contribution is -1.98. The average Bonchev–Trinajstić information content (AvgIpc) is 2.84. The fraction of sp³-hybridized carbons (Fsp3) is 0.286. The molecule has 0 spiro atoms. The standard InChI is InChI=1S/C14H14BrClO3/c1-8-4-6-10(19-8)12(15)9-5-7-11(17-2)13(16)14(9)18-3/h4-7,12H,1-3H3. The summed E-state index contributed by atoms with van der Waals surface area (Å²) in [7, 11) is 3.15. The molecule has 0 bridgehead atoms. The van der Waals surface area contributed by atoms with Crippen LogP contribution in [-0.4, -0.2) is 14.2 Å². The second kappa shape index (κ2) is 5.88. The maximum atomic E-state index is 6.25. The van der Waals surface area contributed by atoms with E-state index in [0.717, 1.165) is 17.1 Å². The molecule has 0 saturated heterocycles. The van der Waals surface area contributed by atoms with Crippen molar-refractivity contribution >= 4 is 27.5 Å². The molecular weight excluding hydrogens is 332 g/mol. The number of furan rings is 1. The molecule has 2 rings (SSSR count). The number of halogens is 2. The van der Waals surface area contributed by atoms with Gasteiger partial charge in [-0.15, -0.1) is 0 Å². The number of aryl methyl sites for hydroxylation is 1. The van der Waals surface area contributed by atoms with Gasteiger partial charge in [-0.25, -0.2) is 0 Å². The van der Waals surface area contributed by atoms with E-state index in [1.807, 2.05) is 31.2 Å². The summed E-state index contributed by atoms with van der Waals surface area (Å²) in [4.78, 5) is -0.125. The van der Waals surface area contributed by atoms with E-state index in [2.05, 4.69) is 15.9 Å². The third kappa shape index (κ3) is 2.74. The van der Waals surface area contributed by atoms with Gasteiger partial charge in [0.1, 0.15) is 32.9 Å². The Morgan fingerprint density at radius 2 is 1.89 bits per heavy atom. The van der Waals surface area contributed by atoms with Crippen LogP contribution in [0.1, 0.15) is 21.9 Å². The molecule has 0 aliphatic rings. The summed E-state index contributed by atoms with van der Waals surface area (Å²) in [6.45, 7) is 1.90. The van der Waals surface area contributed by atoms with E-state index in [1.54, 1.807) is 14.2 Å². The molecule has 1 heterocycles. The molecule has 0 fully saturated rings. The van der Waals surface area contributed by atoms with Crippen molar-refractivity contribution in [2.45, 2.75) is 11.8 Å². The van der Waals surface area contributed by atoms with Gasteiger partial charge in [0.25, 0.3) is 0 Å². The van der Waals surface area contributed by atoms with Crippen LogP contribution >= 0.6 is 27.5 Å². The molecule has 0 aliphatic carbocycles. The first-order valence-corrected chi connectivity index (χ1v) is 6.98. The van der Waals surface area contributed by atoms with Crippen LogP contribution in [0, 0.1) is 6.92 Å². The third-order valence-electron chi connectivity index (χ3n) is 2.80. The minimum Gasteiger partial charge on any atom is -0.495 e. The quantitative estimate of drug-likeness (QED) is 0.750. The summed E-state index contributed by atoms with van der Waals surface area (Å²) in [5.74, 6) is 2.82. The van der Waals surface area contributed by atoms with Crippen LogP contribution in [0.25, 0.3) is 0 Å². The molecule has 0 amide bonds. The summed E-state index contributed by atoms with van der Waals surface area (Å²) in [6, 6.07) is 7.55. The molecule has 1 unspecified atom stereocenters. The van der Waals surface area contributed by atoms with Crippen molar-refractivity contribution in [2.75, 3.05) is 14.2 Å². The first-order chi connectivity index (χ1) is 9.08. The van der Waals surface area contributed by atoms with E-state index in [1.165, 1.54) is 0 Å². The minimum absolute atomic E-state index is 0.125. The lowest BCUT2D eigenvalue weighted by atomic mass is 10.1. The number of benzene rings is 1. The van der Waals surface area contributed by atoms with E-state index in [9.17, 15) is 0 Å². The number of methoxy groups -OCH3 is 2. The van der Waals surface area contributed by atoms with Gasteiger partial charge in [-0.3, -0.25) is 0 Å². The Morgan fingerprint density at radius 1 is 1.16 bits per heavy atom. The van der Waals surface area contributed by atoms with Gasteiger partial charge in [-0.1, -0.05) is 27.5 Å². The lowest BCUT2D eigenvalue weighted by molar-refractivity contribution is 0.390. The minimum atomic E-state index is -0.125. The fourth-order valence-corrected chi connectivity index (χ4v) is 2.79. The number of ether oxygens (including phenoxy) is 2. The Labute approximate surface area is 125 Å². The zero-order valence-corrected chi connectivity index (χ0v) is 13.2. The summed E-state index contributed by atoms with van der Waals surface area (Å²) in [5.41, 5.74) is 0.891. The molecule has 0 saturated carbocycles. The second-order valence-corrected chi connectivity index (χ2v) is 5.31. The van der Waals surface area contributed by atoms with Crippen molar-refractivity contribution in [1.82, 2.24) is 0 Å². The highest BCUT2D eigenvalue weighted by Crippen LogP contribution is 2.44. The number of rotatable bonds is 4. The van der Waals surface area contributed by atoms with Crippen molar-refractivity contribution in [1.29, 1.82) is 0 Å². The molecule has 2 aromatic rings. The van der Waals surface area contributed by atoms with Gasteiger partial charge in [0.05, 0.1) is 14.2 Å². The zero-order valence-electron chi connectivity index (χ0n) is 10.9. The predicted octanol–water partition coefficient (Wildman–Crippen LogP) is 4.74. The van der Waals surface area contributed by atoms with Gasteiger partial charge in [0.15, 0.2) is 0 Å². The fourth-order valence-electron chi connectivity index (χ4n) is 1.86. The Hall–Kier alpha value is -1.13. The Kier molecular flexibility index (Phi) is 4.42. The molecule has 1 aromatic carbocycles. The largest absolute Gasteiger partial charge is 0.495 e. The predicted molar refractivity (Wildman–Crippen MR) is 78.8 cm³/mol. The first kappa shape index (κ1) is 14.3. The number of alkyl halides is 1. The molecule has 1 aromatic heterocycles. The van der Waals surface area contributed by atoms with Crippen LogP contribution in [-0.2, 0) is 0 Å². The van der Waals surface area contributed by atoms with E-state index >= 15 is 0 Å². The molecule has 5 heteroatoms. The molecular formula is C14H14BrClO3. The van der Waals surface area contributed by atoms with Crippen molar-refractivity contribution in [3.05, 3.63) is 46.4 Å². The molecule has 3 nitrogen and oxygen atoms in total. The smallest absolute Gasteiger partial charge is 0.146 e. The molecule has 0 aliphatic heterocycles. The Balaban J connectivity index is 2.47. The van der Waals surface area contributed by atoms with Crippen LogP contribution in [0.15, 0.2) is 28.7 Å². The zero-order chi connectivity index (χ0) is 14.0. The normalized spacial score (nSPS) is 12.3. The van der Waals surface area contributed by atoms with Gasteiger partial charge in [-0.05, 0) is 31.2 Å². The highest BCUT2D eigenvalue weighted by molar-refractivity contribution is 9.09. The number of hydrogen-bond acceptors (Lipinski definition) is 3. The molecule has 102 valence electrons. The van der Waals surface area contributed by atoms with Crippen LogP contribution < -0.4 is 9.47 Å². The van der Waals surface area contributed by atoms with Crippen molar-refractivity contribution in [3.8, 4) is 11.5 Å². The maximum absolute atomic E-state index is 6.25. The van der Waals surface area contributed by atoms with Crippen LogP contribution in [0.3, 0.4) is 0 Å². The maximum Gasteiger partial charge on any atom is 0.146 e. The van der Waals surface area contributed by atoms with Gasteiger partial charge < -0.3 is 13.9 Å². The molecule has 1 atom stereocenters. The van der Waals surface area contributed by atoms with Crippen molar-refractivity contribution in [3.63, 3.8) is 0 Å². The van der Waals surface area contributed by atoms with Crippen molar-refractivity contribution in [2.24, 2.45) is 0 Å². The van der Waals surface area contributed by atoms with Gasteiger partial charge in [0, 0.05) is 5.56 Å². The average molecular weight is 346 g/mol. The topological polar surface area (TPSA) is 31.6 Å². The van der Waals surface area contributed by atoms with E-state index in [-0.39, 0.29) is 4.83 Å². The summed E-state index contributed by atoms with van der Waals surface area (Å²) in [6.07, 6.45) is 0. The summed E-state index contributed by atoms with van der Waals surface area (Å²) in [5, 5.41) is 0.454. The first-order valence-electron chi connectivity index (χ1n) is 5.69. The van der Waals surface area contributed by atoms with E-state index in [4.69, 9.17) is 25.5 Å². The molecule has 0 radical (unpaired) electrons. The third-order valence-corrected chi connectivity index (χ3v) is 4.10. The summed E-state index contributed by atoms with van der Waals surface area (Å²) >= 11 is 9.86. The van der Waals surface area contributed by atoms with Crippen molar-refractivity contribution < 1.29 is 13.9 Å². The van der Waals surface area contributed by atoms with E-state index in [0.29, 0.717) is 16.5 Å². The highest BCUT2D eigenvalue weighted by atomic mass is 79.9. The Bertz CT molecular complexity index is 580. The monoisotopic (exact) mass is 344 g/mol. The lowest BCUT2D eigenvalue weighted by Gasteiger charge is -2.15. The van der Waals surface area contributed by atoms with Gasteiger partial charge >= 0.3 is 0 Å². The van der Waals surface area contributed by atoms with Crippen LogP contribution in [0.4, 0.5) is 0 Å². The van der Waals surface area contributed by atoms with Crippen LogP contribution in [0.5, 0.6) is 11.5 Å². The number of hydrogen-bond donors (Lipinski definition) is 0. The second-order valence-electron chi connectivity index (χ2n) is 4.02. The molecule has 19 heavy (non-hydrogen) atoms. The van der Waals surface area contributed by atoms with E-state index < -0.39 is 0 Å². The van der Waals surface area contributed by atoms with Gasteiger partial charge in [0.2, 0.25) is 0 Å².